The minimum atomic E-state index is -4.52. The Labute approximate surface area is 233 Å². The number of alkyl halides is 3. The van der Waals surface area contributed by atoms with Crippen molar-refractivity contribution >= 4 is 15.7 Å². The van der Waals surface area contributed by atoms with Crippen LogP contribution in [0.4, 0.5) is 17.6 Å². The molecular formula is C29H25F4N3O4S. The Bertz CT molecular complexity index is 1730. The van der Waals surface area contributed by atoms with E-state index < -0.39 is 38.3 Å². The van der Waals surface area contributed by atoms with Crippen LogP contribution in [0.3, 0.4) is 0 Å². The van der Waals surface area contributed by atoms with Crippen LogP contribution in [0.1, 0.15) is 34.1 Å². The number of hydrogen-bond acceptors (Lipinski definition) is 5. The van der Waals surface area contributed by atoms with Crippen LogP contribution in [0.5, 0.6) is 5.75 Å². The summed E-state index contributed by atoms with van der Waals surface area (Å²) in [6.45, 7) is 2.27. The molecule has 1 amide bonds. The summed E-state index contributed by atoms with van der Waals surface area (Å²) in [7, 11) is -3.80. The van der Waals surface area contributed by atoms with Gasteiger partial charge >= 0.3 is 6.18 Å². The molecule has 0 saturated carbocycles. The maximum Gasteiger partial charge on any atom is 0.432 e. The first-order valence-electron chi connectivity index (χ1n) is 12.7. The highest BCUT2D eigenvalue weighted by molar-refractivity contribution is 7.90. The maximum absolute atomic E-state index is 15.1. The minimum Gasteiger partial charge on any atom is -0.491 e. The largest absolute Gasteiger partial charge is 0.491 e. The highest BCUT2D eigenvalue weighted by Gasteiger charge is 2.33. The first-order valence-corrected chi connectivity index (χ1v) is 14.6. The van der Waals surface area contributed by atoms with E-state index in [4.69, 9.17) is 4.74 Å². The summed E-state index contributed by atoms with van der Waals surface area (Å²) in [6, 6.07) is 15.8. The summed E-state index contributed by atoms with van der Waals surface area (Å²) in [5.74, 6) is -0.766. The Morgan fingerprint density at radius 2 is 1.71 bits per heavy atom. The number of H-pyrrole nitrogens is 1. The van der Waals surface area contributed by atoms with Gasteiger partial charge in [-0.25, -0.2) is 12.8 Å². The van der Waals surface area contributed by atoms with Gasteiger partial charge in [0.25, 0.3) is 5.91 Å². The van der Waals surface area contributed by atoms with Crippen LogP contribution in [0.25, 0.3) is 22.4 Å². The van der Waals surface area contributed by atoms with E-state index in [1.807, 2.05) is 17.2 Å². The van der Waals surface area contributed by atoms with Crippen molar-refractivity contribution in [2.75, 3.05) is 19.4 Å². The van der Waals surface area contributed by atoms with Crippen LogP contribution < -0.4 is 4.74 Å². The second-order valence-electron chi connectivity index (χ2n) is 9.67. The van der Waals surface area contributed by atoms with Gasteiger partial charge in [-0.1, -0.05) is 37.3 Å². The number of nitrogens with zero attached hydrogens (tertiary/aromatic N) is 2. The van der Waals surface area contributed by atoms with Crippen molar-refractivity contribution in [3.8, 4) is 28.1 Å². The average Bonchev–Trinajstić information content (AvgIpc) is 3.34. The standard InChI is InChI=1S/C29H25F4N3O4S/c1-3-21-22(9-11-25(27(21)30)41(2,38)39)28(37)36-12-13-40-24-10-8-19(14-20(24)16-36)17-4-6-18(7-5-17)23-15-26(35-34-23)29(31,32)33/h4-11,14-15H,3,12-13,16H2,1-2H3,(H,34,35). The van der Waals surface area contributed by atoms with Gasteiger partial charge in [-0.15, -0.1) is 0 Å². The number of benzene rings is 3. The first-order chi connectivity index (χ1) is 19.4. The van der Waals surface area contributed by atoms with Gasteiger partial charge in [0.2, 0.25) is 0 Å². The van der Waals surface area contributed by atoms with Crippen LogP contribution >= 0.6 is 0 Å². The molecule has 0 radical (unpaired) electrons. The minimum absolute atomic E-state index is 0.0384. The van der Waals surface area contributed by atoms with E-state index in [-0.39, 0.29) is 42.9 Å². The van der Waals surface area contributed by atoms with Crippen molar-refractivity contribution in [2.45, 2.75) is 31.0 Å². The molecule has 0 atom stereocenters. The van der Waals surface area contributed by atoms with Crippen molar-refractivity contribution < 1.29 is 35.5 Å². The first kappa shape index (κ1) is 28.3. The third-order valence-corrected chi connectivity index (χ3v) is 8.03. The number of aromatic amines is 1. The Morgan fingerprint density at radius 3 is 2.34 bits per heavy atom. The summed E-state index contributed by atoms with van der Waals surface area (Å²) in [5, 5.41) is 5.76. The van der Waals surface area contributed by atoms with E-state index in [0.29, 0.717) is 16.9 Å². The molecule has 0 bridgehead atoms. The molecular weight excluding hydrogens is 562 g/mol. The van der Waals surface area contributed by atoms with E-state index in [2.05, 4.69) is 5.10 Å². The number of fused-ring (bicyclic) bond motifs is 1. The van der Waals surface area contributed by atoms with Crippen LogP contribution in [0.15, 0.2) is 65.6 Å². The summed E-state index contributed by atoms with van der Waals surface area (Å²) in [6.07, 6.45) is -3.47. The molecule has 1 aliphatic heterocycles. The third-order valence-electron chi connectivity index (χ3n) is 6.92. The topological polar surface area (TPSA) is 92.4 Å². The van der Waals surface area contributed by atoms with Crippen molar-refractivity contribution in [2.24, 2.45) is 0 Å². The predicted octanol–water partition coefficient (Wildman–Crippen LogP) is 5.90. The zero-order valence-electron chi connectivity index (χ0n) is 22.0. The molecule has 1 N–H and O–H groups in total. The Hall–Kier alpha value is -4.19. The molecule has 0 fully saturated rings. The van der Waals surface area contributed by atoms with Crippen LogP contribution in [0, 0.1) is 5.82 Å². The van der Waals surface area contributed by atoms with Gasteiger partial charge in [0.1, 0.15) is 28.8 Å². The molecule has 0 aliphatic carbocycles. The van der Waals surface area contributed by atoms with Gasteiger partial charge in [0.05, 0.1) is 12.2 Å². The molecule has 12 heteroatoms. The lowest BCUT2D eigenvalue weighted by Gasteiger charge is -2.22. The molecule has 3 aromatic carbocycles. The zero-order valence-corrected chi connectivity index (χ0v) is 22.9. The highest BCUT2D eigenvalue weighted by atomic mass is 32.2. The maximum atomic E-state index is 15.1. The second kappa shape index (κ2) is 10.7. The molecule has 1 aromatic heterocycles. The Balaban J connectivity index is 1.41. The van der Waals surface area contributed by atoms with E-state index in [9.17, 15) is 26.4 Å². The number of carbonyl (C=O) groups is 1. The monoisotopic (exact) mass is 587 g/mol. The summed E-state index contributed by atoms with van der Waals surface area (Å²) in [5.41, 5.74) is 2.18. The second-order valence-corrected chi connectivity index (χ2v) is 11.7. The smallest absolute Gasteiger partial charge is 0.432 e. The number of aromatic nitrogens is 2. The van der Waals surface area contributed by atoms with Crippen LogP contribution in [-0.2, 0) is 29.0 Å². The molecule has 0 unspecified atom stereocenters. The van der Waals surface area contributed by atoms with Crippen molar-refractivity contribution in [3.05, 3.63) is 88.9 Å². The van der Waals surface area contributed by atoms with Crippen molar-refractivity contribution in [3.63, 3.8) is 0 Å². The van der Waals surface area contributed by atoms with Gasteiger partial charge in [-0.2, -0.15) is 18.3 Å². The van der Waals surface area contributed by atoms with E-state index in [1.165, 1.54) is 11.0 Å². The molecule has 7 nitrogen and oxygen atoms in total. The molecule has 2 heterocycles. The van der Waals surface area contributed by atoms with Gasteiger partial charge in [-0.05, 0) is 47.9 Å². The fraction of sp³-hybridized carbons (Fsp3) is 0.241. The number of ether oxygens (including phenoxy) is 1. The van der Waals surface area contributed by atoms with E-state index in [1.54, 1.807) is 37.3 Å². The number of amides is 1. The molecule has 0 spiro atoms. The molecule has 214 valence electrons. The number of nitrogens with one attached hydrogen (secondary N) is 1. The Morgan fingerprint density at radius 1 is 1.02 bits per heavy atom. The number of hydrogen-bond donors (Lipinski definition) is 1. The Kier molecular flexibility index (Phi) is 7.37. The summed E-state index contributed by atoms with van der Waals surface area (Å²) < 4.78 is 83.6. The molecule has 0 saturated heterocycles. The number of carbonyl (C=O) groups excluding carboxylic acids is 1. The lowest BCUT2D eigenvalue weighted by Crippen LogP contribution is -2.33. The van der Waals surface area contributed by atoms with Crippen molar-refractivity contribution in [1.29, 1.82) is 0 Å². The van der Waals surface area contributed by atoms with Crippen molar-refractivity contribution in [1.82, 2.24) is 15.1 Å². The fourth-order valence-corrected chi connectivity index (χ4v) is 5.56. The lowest BCUT2D eigenvalue weighted by molar-refractivity contribution is -0.141. The number of sulfone groups is 1. The van der Waals surface area contributed by atoms with Crippen LogP contribution in [-0.4, -0.2) is 48.8 Å². The molecule has 4 aromatic rings. The highest BCUT2D eigenvalue weighted by Crippen LogP contribution is 2.33. The fourth-order valence-electron chi connectivity index (χ4n) is 4.80. The van der Waals surface area contributed by atoms with Crippen LogP contribution in [0.2, 0.25) is 0 Å². The van der Waals surface area contributed by atoms with Gasteiger partial charge in [0, 0.05) is 35.1 Å². The quantitative estimate of drug-likeness (QED) is 0.294. The SMILES string of the molecule is CCc1c(C(=O)N2CCOc3ccc(-c4ccc(-c5cc(C(F)(F)F)[nH]n5)cc4)cc3C2)ccc(S(C)(=O)=O)c1F. The van der Waals surface area contributed by atoms with E-state index >= 15 is 4.39 Å². The summed E-state index contributed by atoms with van der Waals surface area (Å²) >= 11 is 0. The average molecular weight is 588 g/mol. The number of rotatable bonds is 5. The van der Waals surface area contributed by atoms with Gasteiger partial charge in [-0.3, -0.25) is 9.89 Å². The molecule has 1 aliphatic rings. The van der Waals surface area contributed by atoms with E-state index in [0.717, 1.165) is 29.5 Å². The summed E-state index contributed by atoms with van der Waals surface area (Å²) in [4.78, 5) is 14.6. The molecule has 5 rings (SSSR count). The van der Waals surface area contributed by atoms with Gasteiger partial charge in [0.15, 0.2) is 9.84 Å². The lowest BCUT2D eigenvalue weighted by atomic mass is 9.99. The normalized spacial score (nSPS) is 13.9. The third kappa shape index (κ3) is 5.69. The number of halogens is 4. The zero-order chi connectivity index (χ0) is 29.5. The predicted molar refractivity (Wildman–Crippen MR) is 144 cm³/mol. The molecule has 41 heavy (non-hydrogen) atoms. The van der Waals surface area contributed by atoms with Gasteiger partial charge < -0.3 is 9.64 Å².